The third-order valence-corrected chi connectivity index (χ3v) is 2.82. The van der Waals surface area contributed by atoms with Crippen LogP contribution < -0.4 is 16.4 Å². The van der Waals surface area contributed by atoms with Crippen LogP contribution in [0.15, 0.2) is 24.3 Å². The van der Waals surface area contributed by atoms with Crippen molar-refractivity contribution in [2.45, 2.75) is 26.4 Å². The Labute approximate surface area is 133 Å². The Bertz CT molecular complexity index is 598. The third-order valence-electron chi connectivity index (χ3n) is 2.82. The molecule has 0 bridgehead atoms. The van der Waals surface area contributed by atoms with E-state index < -0.39 is 23.9 Å². The molecule has 0 heterocycles. The molecule has 1 atom stereocenters. The predicted molar refractivity (Wildman–Crippen MR) is 82.4 cm³/mol. The molecule has 3 amide bonds. The molecule has 0 aliphatic heterocycles. The number of primary amides is 1. The fraction of sp³-hybridized carbons (Fsp3) is 0.333. The highest BCUT2D eigenvalue weighted by Crippen LogP contribution is 2.10. The van der Waals surface area contributed by atoms with Crippen LogP contribution in [0.2, 0.25) is 0 Å². The van der Waals surface area contributed by atoms with Gasteiger partial charge in [-0.3, -0.25) is 19.2 Å². The Morgan fingerprint density at radius 3 is 2.30 bits per heavy atom. The molecule has 1 aromatic carbocycles. The van der Waals surface area contributed by atoms with E-state index in [1.807, 2.05) is 0 Å². The van der Waals surface area contributed by atoms with Crippen molar-refractivity contribution in [2.24, 2.45) is 5.73 Å². The van der Waals surface area contributed by atoms with E-state index in [0.717, 1.165) is 0 Å². The third kappa shape index (κ3) is 6.60. The average Bonchev–Trinajstić information content (AvgIpc) is 2.47. The van der Waals surface area contributed by atoms with Crippen LogP contribution in [0.5, 0.6) is 0 Å². The van der Waals surface area contributed by atoms with E-state index in [1.165, 1.54) is 38.1 Å². The summed E-state index contributed by atoms with van der Waals surface area (Å²) in [5.41, 5.74) is 5.88. The van der Waals surface area contributed by atoms with Gasteiger partial charge in [0.05, 0.1) is 6.42 Å². The molecule has 0 aliphatic rings. The first-order valence-corrected chi connectivity index (χ1v) is 6.94. The van der Waals surface area contributed by atoms with Gasteiger partial charge in [-0.1, -0.05) is 0 Å². The number of nitrogens with one attached hydrogen (secondary N) is 2. The van der Waals surface area contributed by atoms with E-state index in [1.54, 1.807) is 0 Å². The molecule has 0 aliphatic carbocycles. The standard InChI is InChI=1S/C15H19N3O5/c1-9(23-13(20)7-8-17-10(2)19)15(22)18-12-5-3-11(4-6-12)14(16)21/h3-6,9H,7-8H2,1-2H3,(H2,16,21)(H,17,19)(H,18,22)/t9-/m0/s1. The first-order chi connectivity index (χ1) is 10.8. The van der Waals surface area contributed by atoms with Crippen LogP contribution >= 0.6 is 0 Å². The maximum atomic E-state index is 11.9. The average molecular weight is 321 g/mol. The molecule has 1 aromatic rings. The van der Waals surface area contributed by atoms with Crippen LogP contribution in [0.25, 0.3) is 0 Å². The van der Waals surface area contributed by atoms with Crippen molar-refractivity contribution in [1.82, 2.24) is 5.32 Å². The van der Waals surface area contributed by atoms with Gasteiger partial charge in [0.15, 0.2) is 6.10 Å². The molecule has 0 saturated carbocycles. The van der Waals surface area contributed by atoms with Gasteiger partial charge < -0.3 is 21.1 Å². The molecular weight excluding hydrogens is 302 g/mol. The number of benzene rings is 1. The van der Waals surface area contributed by atoms with E-state index >= 15 is 0 Å². The minimum atomic E-state index is -0.990. The molecule has 0 saturated heterocycles. The number of amides is 3. The summed E-state index contributed by atoms with van der Waals surface area (Å²) in [6.45, 7) is 2.92. The minimum absolute atomic E-state index is 0.0233. The summed E-state index contributed by atoms with van der Waals surface area (Å²) in [7, 11) is 0. The molecule has 23 heavy (non-hydrogen) atoms. The fourth-order valence-corrected chi connectivity index (χ4v) is 1.61. The molecule has 124 valence electrons. The van der Waals surface area contributed by atoms with Gasteiger partial charge in [-0.25, -0.2) is 0 Å². The number of carbonyl (C=O) groups is 4. The topological polar surface area (TPSA) is 128 Å². The summed E-state index contributed by atoms with van der Waals surface area (Å²) in [6, 6.07) is 5.98. The summed E-state index contributed by atoms with van der Waals surface area (Å²) in [5, 5.41) is 5.00. The summed E-state index contributed by atoms with van der Waals surface area (Å²) < 4.78 is 4.95. The molecule has 0 spiro atoms. The van der Waals surface area contributed by atoms with Crippen LogP contribution in [0.4, 0.5) is 5.69 Å². The smallest absolute Gasteiger partial charge is 0.308 e. The number of esters is 1. The lowest BCUT2D eigenvalue weighted by atomic mass is 10.2. The highest BCUT2D eigenvalue weighted by atomic mass is 16.5. The van der Waals surface area contributed by atoms with Crippen molar-refractivity contribution in [2.75, 3.05) is 11.9 Å². The number of carbonyl (C=O) groups excluding carboxylic acids is 4. The Hall–Kier alpha value is -2.90. The SMILES string of the molecule is CC(=O)NCCC(=O)O[C@@H](C)C(=O)Nc1ccc(C(N)=O)cc1. The molecule has 0 fully saturated rings. The van der Waals surface area contributed by atoms with Crippen molar-refractivity contribution < 1.29 is 23.9 Å². The second kappa shape index (κ2) is 8.52. The summed E-state index contributed by atoms with van der Waals surface area (Å²) in [5.74, 6) is -1.91. The van der Waals surface area contributed by atoms with Crippen LogP contribution in [-0.2, 0) is 19.1 Å². The number of rotatable bonds is 7. The second-order valence-corrected chi connectivity index (χ2v) is 4.80. The zero-order valence-electron chi connectivity index (χ0n) is 12.9. The monoisotopic (exact) mass is 321 g/mol. The number of hydrogen-bond donors (Lipinski definition) is 3. The van der Waals surface area contributed by atoms with Gasteiger partial charge in [0.1, 0.15) is 0 Å². The number of hydrogen-bond acceptors (Lipinski definition) is 5. The Morgan fingerprint density at radius 1 is 1.17 bits per heavy atom. The molecule has 4 N–H and O–H groups in total. The number of ether oxygens (including phenoxy) is 1. The molecule has 8 nitrogen and oxygen atoms in total. The van der Waals surface area contributed by atoms with E-state index in [0.29, 0.717) is 11.3 Å². The predicted octanol–water partition coefficient (Wildman–Crippen LogP) is 0.182. The quantitative estimate of drug-likeness (QED) is 0.617. The van der Waals surface area contributed by atoms with E-state index in [9.17, 15) is 19.2 Å². The largest absolute Gasteiger partial charge is 0.452 e. The first kappa shape index (κ1) is 18.1. The van der Waals surface area contributed by atoms with Gasteiger partial charge in [-0.05, 0) is 31.2 Å². The van der Waals surface area contributed by atoms with Crippen molar-refractivity contribution in [3.05, 3.63) is 29.8 Å². The van der Waals surface area contributed by atoms with Crippen LogP contribution in [-0.4, -0.2) is 36.3 Å². The van der Waals surface area contributed by atoms with Gasteiger partial charge in [-0.2, -0.15) is 0 Å². The lowest BCUT2D eigenvalue weighted by Gasteiger charge is -2.13. The zero-order chi connectivity index (χ0) is 17.4. The van der Waals surface area contributed by atoms with Crippen molar-refractivity contribution in [3.8, 4) is 0 Å². The molecule has 0 radical (unpaired) electrons. The van der Waals surface area contributed by atoms with E-state index in [4.69, 9.17) is 10.5 Å². The van der Waals surface area contributed by atoms with Crippen LogP contribution in [0.3, 0.4) is 0 Å². The Morgan fingerprint density at radius 2 is 1.78 bits per heavy atom. The highest BCUT2D eigenvalue weighted by molar-refractivity contribution is 5.96. The van der Waals surface area contributed by atoms with Gasteiger partial charge >= 0.3 is 5.97 Å². The lowest BCUT2D eigenvalue weighted by molar-refractivity contribution is -0.153. The molecular formula is C15H19N3O5. The second-order valence-electron chi connectivity index (χ2n) is 4.80. The zero-order valence-corrected chi connectivity index (χ0v) is 12.9. The van der Waals surface area contributed by atoms with Crippen molar-refractivity contribution >= 4 is 29.4 Å². The number of nitrogens with two attached hydrogens (primary N) is 1. The van der Waals surface area contributed by atoms with Gasteiger partial charge in [0.2, 0.25) is 11.8 Å². The summed E-state index contributed by atoms with van der Waals surface area (Å²) >= 11 is 0. The highest BCUT2D eigenvalue weighted by Gasteiger charge is 2.17. The molecule has 0 unspecified atom stereocenters. The molecule has 0 aromatic heterocycles. The van der Waals surface area contributed by atoms with Gasteiger partial charge in [0.25, 0.3) is 5.91 Å². The molecule has 8 heteroatoms. The molecule has 1 rings (SSSR count). The summed E-state index contributed by atoms with van der Waals surface area (Å²) in [6.07, 6.45) is -1.01. The summed E-state index contributed by atoms with van der Waals surface area (Å²) in [4.78, 5) is 45.0. The van der Waals surface area contributed by atoms with Crippen LogP contribution in [0, 0.1) is 0 Å². The van der Waals surface area contributed by atoms with E-state index in [-0.39, 0.29) is 18.9 Å². The minimum Gasteiger partial charge on any atom is -0.452 e. The van der Waals surface area contributed by atoms with E-state index in [2.05, 4.69) is 10.6 Å². The fourth-order valence-electron chi connectivity index (χ4n) is 1.61. The van der Waals surface area contributed by atoms with Crippen molar-refractivity contribution in [3.63, 3.8) is 0 Å². The van der Waals surface area contributed by atoms with Gasteiger partial charge in [-0.15, -0.1) is 0 Å². The van der Waals surface area contributed by atoms with Gasteiger partial charge in [0, 0.05) is 24.7 Å². The lowest BCUT2D eigenvalue weighted by Crippen LogP contribution is -2.31. The normalized spacial score (nSPS) is 11.2. The number of anilines is 1. The Kier molecular flexibility index (Phi) is 6.72. The maximum absolute atomic E-state index is 11.9. The van der Waals surface area contributed by atoms with Crippen LogP contribution in [0.1, 0.15) is 30.6 Å². The Balaban J connectivity index is 2.45. The first-order valence-electron chi connectivity index (χ1n) is 6.94. The maximum Gasteiger partial charge on any atom is 0.308 e. The van der Waals surface area contributed by atoms with Crippen molar-refractivity contribution in [1.29, 1.82) is 0 Å².